The number of hydrogen-bond donors (Lipinski definition) is 3. The molecule has 6 rings (SSSR count). The number of amides is 2. The first kappa shape index (κ1) is 22.1. The monoisotopic (exact) mass is 506 g/mol. The number of urea groups is 1. The fourth-order valence-corrected chi connectivity index (χ4v) is 5.09. The van der Waals surface area contributed by atoms with Gasteiger partial charge in [-0.2, -0.15) is 4.98 Å². The van der Waals surface area contributed by atoms with Crippen molar-refractivity contribution in [3.8, 4) is 0 Å². The average Bonchev–Trinajstić information content (AvgIpc) is 2.81. The first-order valence-corrected chi connectivity index (χ1v) is 11.3. The van der Waals surface area contributed by atoms with Crippen LogP contribution in [0.3, 0.4) is 0 Å². The van der Waals surface area contributed by atoms with Crippen LogP contribution in [0.4, 0.5) is 21.9 Å². The molecule has 0 spiro atoms. The van der Waals surface area contributed by atoms with Gasteiger partial charge in [0.1, 0.15) is 5.52 Å². The van der Waals surface area contributed by atoms with Crippen molar-refractivity contribution in [2.24, 2.45) is 0 Å². The number of benzene rings is 3. The summed E-state index contributed by atoms with van der Waals surface area (Å²) >= 11 is 6.68. The number of hydrogen-bond acceptors (Lipinski definition) is 5. The number of halogens is 1. The van der Waals surface area contributed by atoms with Gasteiger partial charge in [-0.15, -0.1) is 0 Å². The molecule has 0 saturated heterocycles. The summed E-state index contributed by atoms with van der Waals surface area (Å²) in [6.07, 6.45) is 0. The van der Waals surface area contributed by atoms with E-state index in [-0.39, 0.29) is 28.8 Å². The van der Waals surface area contributed by atoms with E-state index in [9.17, 15) is 9.59 Å². The van der Waals surface area contributed by atoms with Crippen LogP contribution < -0.4 is 33.2 Å². The summed E-state index contributed by atoms with van der Waals surface area (Å²) < 4.78 is 0.192. The van der Waals surface area contributed by atoms with E-state index in [1.165, 1.54) is 0 Å². The second-order valence-corrected chi connectivity index (χ2v) is 8.90. The van der Waals surface area contributed by atoms with Crippen LogP contribution in [0.25, 0.3) is 22.2 Å². The van der Waals surface area contributed by atoms with Crippen molar-refractivity contribution in [2.45, 2.75) is 9.79 Å². The Morgan fingerprint density at radius 1 is 1.00 bits per heavy atom. The third kappa shape index (κ3) is 3.71. The lowest BCUT2D eigenvalue weighted by Crippen LogP contribution is -3.00. The molecule has 11 heteroatoms. The van der Waals surface area contributed by atoms with Gasteiger partial charge >= 0.3 is 17.1 Å². The molecule has 168 valence electrons. The average molecular weight is 507 g/mol. The number of carbonyl (C=O) groups is 1. The molecule has 8 nitrogen and oxygen atoms in total. The molecule has 0 unspecified atom stereocenters. The van der Waals surface area contributed by atoms with E-state index in [0.717, 1.165) is 21.2 Å². The molecule has 2 aromatic heterocycles. The number of anilines is 3. The normalized spacial score (nSPS) is 12.1. The van der Waals surface area contributed by atoms with Crippen LogP contribution in [-0.4, -0.2) is 21.0 Å². The second kappa shape index (κ2) is 8.56. The fourth-order valence-electron chi connectivity index (χ4n) is 3.84. The molecule has 3 heterocycles. The van der Waals surface area contributed by atoms with Crippen molar-refractivity contribution in [1.82, 2.24) is 15.0 Å². The molecule has 2 amide bonds. The van der Waals surface area contributed by atoms with Gasteiger partial charge in [-0.25, -0.2) is 9.78 Å². The molecular formula is C23H15ClN6O2S2. The Bertz CT molecular complexity index is 1670. The largest absolute Gasteiger partial charge is 1.00 e. The maximum Gasteiger partial charge on any atom is 0.331 e. The molecule has 0 fully saturated rings. The molecule has 5 aromatic rings. The van der Waals surface area contributed by atoms with E-state index >= 15 is 0 Å². The zero-order chi connectivity index (χ0) is 22.5. The van der Waals surface area contributed by atoms with E-state index in [4.69, 9.17) is 12.2 Å². The molecule has 0 radical (unpaired) electrons. The van der Waals surface area contributed by atoms with Crippen molar-refractivity contribution in [1.29, 1.82) is 0 Å². The minimum Gasteiger partial charge on any atom is -1.00 e. The van der Waals surface area contributed by atoms with Gasteiger partial charge in [-0.1, -0.05) is 36.0 Å². The summed E-state index contributed by atoms with van der Waals surface area (Å²) in [6.45, 7) is 0. The zero-order valence-corrected chi connectivity index (χ0v) is 19.6. The number of aromatic nitrogens is 4. The first-order chi connectivity index (χ1) is 16.1. The minimum atomic E-state index is -0.346. The Balaban J connectivity index is 0.00000241. The van der Waals surface area contributed by atoms with Crippen LogP contribution in [-0.2, 0) is 0 Å². The Morgan fingerprint density at radius 3 is 2.38 bits per heavy atom. The van der Waals surface area contributed by atoms with Crippen molar-refractivity contribution < 1.29 is 22.2 Å². The highest BCUT2D eigenvalue weighted by molar-refractivity contribution is 7.99. The molecular weight excluding hydrogens is 492 g/mol. The summed E-state index contributed by atoms with van der Waals surface area (Å²) in [5.74, 6) is 0. The third-order valence-electron chi connectivity index (χ3n) is 5.30. The topological polar surface area (TPSA) is 108 Å². The van der Waals surface area contributed by atoms with Gasteiger partial charge in [-0.3, -0.25) is 14.7 Å². The predicted octanol–water partition coefficient (Wildman–Crippen LogP) is 1.79. The number of aromatic amines is 3. The third-order valence-corrected chi connectivity index (χ3v) is 6.63. The lowest BCUT2D eigenvalue weighted by Gasteiger charge is -2.31. The van der Waals surface area contributed by atoms with Crippen molar-refractivity contribution >= 4 is 69.3 Å². The van der Waals surface area contributed by atoms with Crippen molar-refractivity contribution in [3.63, 3.8) is 0 Å². The van der Waals surface area contributed by atoms with Crippen LogP contribution >= 0.6 is 24.0 Å². The van der Waals surface area contributed by atoms with Gasteiger partial charge in [0.05, 0.1) is 11.4 Å². The van der Waals surface area contributed by atoms with Gasteiger partial charge in [0.25, 0.3) is 0 Å². The molecule has 0 saturated carbocycles. The zero-order valence-electron chi connectivity index (χ0n) is 17.3. The van der Waals surface area contributed by atoms with Gasteiger partial charge in [0, 0.05) is 21.5 Å². The van der Waals surface area contributed by atoms with Gasteiger partial charge in [0.2, 0.25) is 11.2 Å². The number of para-hydroxylation sites is 2. The van der Waals surface area contributed by atoms with Gasteiger partial charge < -0.3 is 22.7 Å². The highest BCUT2D eigenvalue weighted by atomic mass is 35.5. The summed E-state index contributed by atoms with van der Waals surface area (Å²) in [5.41, 5.74) is 3.74. The lowest BCUT2D eigenvalue weighted by atomic mass is 10.2. The Kier molecular flexibility index (Phi) is 5.56. The minimum absolute atomic E-state index is 0. The molecule has 1 aliphatic rings. The molecule has 3 aromatic carbocycles. The smallest absolute Gasteiger partial charge is 0.331 e. The molecule has 0 bridgehead atoms. The lowest BCUT2D eigenvalue weighted by molar-refractivity contribution is -0.311. The standard InChI is InChI=1S/C23H14N6O2S2.ClH/c30-21-19-20(27-22(32)28-21)26-14-11-12(9-10-13(14)25-19)24-23(31)29-15-5-1-3-7-17(15)33-18-8-4-2-6-16(18)29;/h1-11H,(H,24,31)(H2,26,27,28,30,32);1H. The van der Waals surface area contributed by atoms with Crippen LogP contribution in [0.2, 0.25) is 0 Å². The van der Waals surface area contributed by atoms with Gasteiger partial charge in [0.15, 0.2) is 4.77 Å². The molecule has 1 aliphatic heterocycles. The van der Waals surface area contributed by atoms with Crippen molar-refractivity contribution in [2.75, 3.05) is 10.2 Å². The fraction of sp³-hybridized carbons (Fsp3) is 0. The summed E-state index contributed by atoms with van der Waals surface area (Å²) in [4.78, 5) is 42.3. The second-order valence-electron chi connectivity index (χ2n) is 7.40. The number of H-pyrrole nitrogens is 3. The SMILES string of the molecule is O=C(Nc1ccc2[nH+]c3c(=O)[nH]c(=S)[nH]c3nc2c1)N1c2ccccc2Sc2ccccc21.[Cl-]. The van der Waals surface area contributed by atoms with E-state index in [0.29, 0.717) is 27.9 Å². The quantitative estimate of drug-likeness (QED) is 0.237. The number of nitrogens with zero attached hydrogens (tertiary/aromatic N) is 2. The summed E-state index contributed by atoms with van der Waals surface area (Å²) in [6, 6.07) is 20.6. The van der Waals surface area contributed by atoms with E-state index in [1.807, 2.05) is 48.5 Å². The highest BCUT2D eigenvalue weighted by Crippen LogP contribution is 2.48. The van der Waals surface area contributed by atoms with Crippen LogP contribution in [0.1, 0.15) is 0 Å². The highest BCUT2D eigenvalue weighted by Gasteiger charge is 2.28. The van der Waals surface area contributed by atoms with Gasteiger partial charge in [-0.05, 0) is 48.6 Å². The Hall–Kier alpha value is -3.73. The molecule has 0 atom stereocenters. The van der Waals surface area contributed by atoms with Crippen LogP contribution in [0.15, 0.2) is 81.3 Å². The maximum absolute atomic E-state index is 13.4. The summed E-state index contributed by atoms with van der Waals surface area (Å²) in [5, 5.41) is 2.98. The Labute approximate surface area is 207 Å². The van der Waals surface area contributed by atoms with E-state index in [2.05, 4.69) is 25.3 Å². The number of fused-ring (bicyclic) bond motifs is 4. The number of rotatable bonds is 1. The van der Waals surface area contributed by atoms with Crippen molar-refractivity contribution in [3.05, 3.63) is 81.9 Å². The maximum atomic E-state index is 13.4. The predicted molar refractivity (Wildman–Crippen MR) is 130 cm³/mol. The summed E-state index contributed by atoms with van der Waals surface area (Å²) in [7, 11) is 0. The van der Waals surface area contributed by atoms with Crippen LogP contribution in [0, 0.1) is 4.77 Å². The number of carbonyl (C=O) groups excluding carboxylic acids is 1. The van der Waals surface area contributed by atoms with E-state index in [1.54, 1.807) is 34.9 Å². The molecule has 34 heavy (non-hydrogen) atoms. The first-order valence-electron chi connectivity index (χ1n) is 10.0. The molecule has 4 N–H and O–H groups in total. The molecule has 0 aliphatic carbocycles. The number of nitrogens with one attached hydrogen (secondary N) is 4. The Morgan fingerprint density at radius 2 is 1.68 bits per heavy atom. The van der Waals surface area contributed by atoms with Crippen LogP contribution in [0.5, 0.6) is 0 Å². The van der Waals surface area contributed by atoms with E-state index < -0.39 is 0 Å².